The Hall–Kier alpha value is -1.85. The third-order valence-corrected chi connectivity index (χ3v) is 2.02. The monoisotopic (exact) mass is 193 g/mol. The Kier molecular flexibility index (Phi) is 1.95. The molecule has 2 aromatic rings. The molecule has 74 valence electrons. The van der Waals surface area contributed by atoms with E-state index < -0.39 is 0 Å². The Labute approximate surface area is 80.5 Å². The van der Waals surface area contributed by atoms with E-state index >= 15 is 0 Å². The van der Waals surface area contributed by atoms with E-state index in [-0.39, 0.29) is 0 Å². The van der Waals surface area contributed by atoms with Crippen LogP contribution in [0.15, 0.2) is 17.6 Å². The number of aromatic nitrogens is 4. The van der Waals surface area contributed by atoms with E-state index in [0.717, 1.165) is 11.2 Å². The van der Waals surface area contributed by atoms with Crippen LogP contribution in [-0.4, -0.2) is 33.4 Å². The minimum Gasteiger partial charge on any atom is -0.415 e. The van der Waals surface area contributed by atoms with Gasteiger partial charge in [-0.15, -0.1) is 0 Å². The first-order chi connectivity index (χ1) is 6.77. The van der Waals surface area contributed by atoms with Crippen molar-refractivity contribution in [1.82, 2.24) is 19.3 Å². The van der Waals surface area contributed by atoms with Crippen LogP contribution >= 0.6 is 0 Å². The molecule has 0 fully saturated rings. The molecule has 6 nitrogen and oxygen atoms in total. The van der Waals surface area contributed by atoms with Gasteiger partial charge in [-0.3, -0.25) is 4.99 Å². The van der Waals surface area contributed by atoms with E-state index in [1.165, 1.54) is 0 Å². The summed E-state index contributed by atoms with van der Waals surface area (Å²) in [7, 11) is 5.14. The fourth-order valence-electron chi connectivity index (χ4n) is 1.34. The predicted molar refractivity (Wildman–Crippen MR) is 50.5 cm³/mol. The molecule has 2 rings (SSSR count). The van der Waals surface area contributed by atoms with Gasteiger partial charge in [0, 0.05) is 14.1 Å². The van der Waals surface area contributed by atoms with Crippen LogP contribution in [0.25, 0.3) is 11.2 Å². The molecule has 0 aromatic carbocycles. The molecule has 0 spiro atoms. The van der Waals surface area contributed by atoms with E-state index in [0.29, 0.717) is 5.49 Å². The maximum Gasteiger partial charge on any atom is 0.180 e. The zero-order chi connectivity index (χ0) is 10.1. The fraction of sp³-hybridized carbons (Fsp3) is 0.375. The van der Waals surface area contributed by atoms with Gasteiger partial charge in [0.15, 0.2) is 16.7 Å². The van der Waals surface area contributed by atoms with Crippen LogP contribution in [0.2, 0.25) is 0 Å². The first kappa shape index (κ1) is 8.74. The summed E-state index contributed by atoms with van der Waals surface area (Å²) in [6.45, 7) is 0. The number of nitrogens with zero attached hydrogens (tertiary/aromatic N) is 5. The second-order valence-electron chi connectivity index (χ2n) is 2.83. The topological polar surface area (TPSA) is 57.2 Å². The molecule has 0 aliphatic heterocycles. The van der Waals surface area contributed by atoms with Crippen LogP contribution in [0.1, 0.15) is 0 Å². The lowest BCUT2D eigenvalue weighted by molar-refractivity contribution is 0.176. The number of rotatable bonds is 1. The van der Waals surface area contributed by atoms with Crippen LogP contribution in [0.3, 0.4) is 0 Å². The number of fused-ring (bicyclic) bond motifs is 1. The largest absolute Gasteiger partial charge is 0.415 e. The molecule has 2 aromatic heterocycles. The maximum absolute atomic E-state index is 5.11. The third-order valence-electron chi connectivity index (χ3n) is 2.02. The van der Waals surface area contributed by atoms with Crippen molar-refractivity contribution in [2.24, 2.45) is 12.0 Å². The number of hydrogen-bond donors (Lipinski definition) is 0. The third kappa shape index (κ3) is 1.07. The van der Waals surface area contributed by atoms with E-state index in [2.05, 4.69) is 15.0 Å². The molecular formula is C8H11N5O. The van der Waals surface area contributed by atoms with Gasteiger partial charge in [-0.1, -0.05) is 0 Å². The quantitative estimate of drug-likeness (QED) is 0.605. The van der Waals surface area contributed by atoms with Gasteiger partial charge in [0.25, 0.3) is 0 Å². The molecule has 6 heteroatoms. The lowest BCUT2D eigenvalue weighted by atomic mass is 10.5. The highest BCUT2D eigenvalue weighted by atomic mass is 16.6. The van der Waals surface area contributed by atoms with Gasteiger partial charge in [-0.25, -0.2) is 9.97 Å². The SMILES string of the molecule is CN=c1ncn(C)c2ncn(OC)c12. The van der Waals surface area contributed by atoms with Gasteiger partial charge in [-0.2, -0.15) is 4.73 Å². The van der Waals surface area contributed by atoms with Crippen LogP contribution in [0, 0.1) is 0 Å². The van der Waals surface area contributed by atoms with Gasteiger partial charge >= 0.3 is 0 Å². The molecule has 2 heterocycles. The second-order valence-corrected chi connectivity index (χ2v) is 2.83. The molecule has 14 heavy (non-hydrogen) atoms. The Morgan fingerprint density at radius 1 is 1.36 bits per heavy atom. The van der Waals surface area contributed by atoms with Gasteiger partial charge in [0.1, 0.15) is 13.4 Å². The molecule has 0 N–H and O–H groups in total. The van der Waals surface area contributed by atoms with E-state index in [1.54, 1.807) is 31.5 Å². The van der Waals surface area contributed by atoms with Crippen molar-refractivity contribution in [3.05, 3.63) is 18.1 Å². The van der Waals surface area contributed by atoms with Crippen molar-refractivity contribution in [3.8, 4) is 0 Å². The summed E-state index contributed by atoms with van der Waals surface area (Å²) in [6, 6.07) is 0. The number of hydrogen-bond acceptors (Lipinski definition) is 4. The molecule has 0 radical (unpaired) electrons. The summed E-state index contributed by atoms with van der Waals surface area (Å²) < 4.78 is 3.37. The summed E-state index contributed by atoms with van der Waals surface area (Å²) in [5.41, 5.74) is 2.19. The Morgan fingerprint density at radius 3 is 2.79 bits per heavy atom. The van der Waals surface area contributed by atoms with Crippen molar-refractivity contribution in [1.29, 1.82) is 0 Å². The number of imidazole rings is 1. The summed E-state index contributed by atoms with van der Waals surface area (Å²) in [4.78, 5) is 17.5. The molecule has 0 aliphatic carbocycles. The maximum atomic E-state index is 5.11. The Balaban J connectivity index is 2.97. The van der Waals surface area contributed by atoms with Crippen molar-refractivity contribution in [2.45, 2.75) is 0 Å². The Morgan fingerprint density at radius 2 is 2.14 bits per heavy atom. The standard InChI is InChI=1S/C8H11N5O/c1-9-7-6-8(12(2)4-10-7)11-5-13(6)14-3/h4-5H,1-3H3. The molecular weight excluding hydrogens is 182 g/mol. The van der Waals surface area contributed by atoms with Crippen molar-refractivity contribution in [2.75, 3.05) is 14.2 Å². The average Bonchev–Trinajstić information content (AvgIpc) is 2.63. The van der Waals surface area contributed by atoms with E-state index in [1.807, 2.05) is 11.6 Å². The predicted octanol–water partition coefficient (Wildman–Crippen LogP) is -0.641. The summed E-state index contributed by atoms with van der Waals surface area (Å²) in [6.07, 6.45) is 3.28. The van der Waals surface area contributed by atoms with Gasteiger partial charge in [0.2, 0.25) is 0 Å². The van der Waals surface area contributed by atoms with Crippen LogP contribution in [0.5, 0.6) is 0 Å². The molecule has 0 saturated heterocycles. The van der Waals surface area contributed by atoms with Crippen LogP contribution < -0.4 is 10.3 Å². The minimum absolute atomic E-state index is 0.623. The summed E-state index contributed by atoms with van der Waals surface area (Å²) in [5, 5.41) is 0. The average molecular weight is 193 g/mol. The smallest absolute Gasteiger partial charge is 0.180 e. The summed E-state index contributed by atoms with van der Waals surface area (Å²) >= 11 is 0. The van der Waals surface area contributed by atoms with Crippen molar-refractivity contribution >= 4 is 11.2 Å². The highest BCUT2D eigenvalue weighted by Gasteiger charge is 2.07. The van der Waals surface area contributed by atoms with E-state index in [4.69, 9.17) is 4.84 Å². The van der Waals surface area contributed by atoms with Crippen molar-refractivity contribution < 1.29 is 4.84 Å². The molecule has 0 bridgehead atoms. The van der Waals surface area contributed by atoms with Gasteiger partial charge < -0.3 is 9.40 Å². The van der Waals surface area contributed by atoms with Crippen LogP contribution in [-0.2, 0) is 7.05 Å². The van der Waals surface area contributed by atoms with Gasteiger partial charge in [-0.05, 0) is 0 Å². The fourth-order valence-corrected chi connectivity index (χ4v) is 1.34. The van der Waals surface area contributed by atoms with Crippen LogP contribution in [0.4, 0.5) is 0 Å². The minimum atomic E-state index is 0.623. The molecule has 0 amide bonds. The zero-order valence-electron chi connectivity index (χ0n) is 8.30. The first-order valence-corrected chi connectivity index (χ1v) is 4.14. The number of aryl methyl sites for hydroxylation is 1. The second kappa shape index (κ2) is 3.13. The Bertz CT molecular complexity index is 524. The zero-order valence-corrected chi connectivity index (χ0v) is 8.30. The molecule has 0 saturated carbocycles. The van der Waals surface area contributed by atoms with E-state index in [9.17, 15) is 0 Å². The normalized spacial score (nSPS) is 12.4. The van der Waals surface area contributed by atoms with Gasteiger partial charge in [0.05, 0.1) is 6.33 Å². The lowest BCUT2D eigenvalue weighted by Crippen LogP contribution is -2.17. The molecule has 0 unspecified atom stereocenters. The molecule has 0 atom stereocenters. The lowest BCUT2D eigenvalue weighted by Gasteiger charge is -2.02. The molecule has 0 aliphatic rings. The highest BCUT2D eigenvalue weighted by Crippen LogP contribution is 2.03. The highest BCUT2D eigenvalue weighted by molar-refractivity contribution is 5.69. The first-order valence-electron chi connectivity index (χ1n) is 4.14. The van der Waals surface area contributed by atoms with Crippen molar-refractivity contribution in [3.63, 3.8) is 0 Å². The summed E-state index contributed by atoms with van der Waals surface area (Å²) in [5.74, 6) is 0.